The number of rotatable bonds is 6. The zero-order valence-corrected chi connectivity index (χ0v) is 17.3. The number of aromatic nitrogens is 1. The van der Waals surface area contributed by atoms with Gasteiger partial charge in [0.05, 0.1) is 12.2 Å². The maximum absolute atomic E-state index is 10.8. The summed E-state index contributed by atoms with van der Waals surface area (Å²) in [7, 11) is 0. The maximum Gasteiger partial charge on any atom is 0.221 e. The highest BCUT2D eigenvalue weighted by Crippen LogP contribution is 2.40. The van der Waals surface area contributed by atoms with E-state index in [1.807, 2.05) is 36.4 Å². The fourth-order valence-corrected chi connectivity index (χ4v) is 3.26. The summed E-state index contributed by atoms with van der Waals surface area (Å²) in [5.74, 6) is 0.0374. The number of anilines is 1. The number of hydrogen-bond donors (Lipinski definition) is 2. The summed E-state index contributed by atoms with van der Waals surface area (Å²) in [6.07, 6.45) is 0. The summed E-state index contributed by atoms with van der Waals surface area (Å²) in [5.41, 5.74) is 2.01. The van der Waals surface area contributed by atoms with Crippen LogP contribution in [0.2, 0.25) is 5.02 Å². The molecule has 1 heterocycles. The van der Waals surface area contributed by atoms with Gasteiger partial charge in [-0.05, 0) is 55.6 Å². The molecule has 0 aliphatic heterocycles. The molecule has 3 rings (SSSR count). The van der Waals surface area contributed by atoms with Crippen LogP contribution in [0.15, 0.2) is 58.8 Å². The molecule has 146 valence electrons. The monoisotopic (exact) mass is 415 g/mol. The maximum atomic E-state index is 10.8. The quantitative estimate of drug-likeness (QED) is 0.395. The Morgan fingerprint density at radius 3 is 2.57 bits per heavy atom. The molecule has 1 aromatic heterocycles. The van der Waals surface area contributed by atoms with Crippen molar-refractivity contribution in [3.8, 4) is 5.88 Å². The lowest BCUT2D eigenvalue weighted by atomic mass is 10.2. The first kappa shape index (κ1) is 20.3. The third-order valence-corrected chi connectivity index (χ3v) is 4.89. The molecule has 3 aromatic rings. The van der Waals surface area contributed by atoms with Gasteiger partial charge in [0.25, 0.3) is 0 Å². The van der Waals surface area contributed by atoms with Crippen LogP contribution in [-0.4, -0.2) is 32.8 Å². The lowest BCUT2D eigenvalue weighted by Crippen LogP contribution is -2.25. The van der Waals surface area contributed by atoms with Gasteiger partial charge in [0.1, 0.15) is 0 Å². The molecule has 0 radical (unpaired) electrons. The highest BCUT2D eigenvalue weighted by atomic mass is 35.5. The van der Waals surface area contributed by atoms with E-state index in [-0.39, 0.29) is 11.0 Å². The largest absolute Gasteiger partial charge is 0.493 e. The molecule has 0 amide bonds. The summed E-state index contributed by atoms with van der Waals surface area (Å²) >= 11 is 11.4. The van der Waals surface area contributed by atoms with Gasteiger partial charge in [-0.25, -0.2) is 0 Å². The molecular weight excluding hydrogens is 394 g/mol. The van der Waals surface area contributed by atoms with E-state index in [2.05, 4.69) is 34.3 Å². The molecule has 0 unspecified atom stereocenters. The van der Waals surface area contributed by atoms with Gasteiger partial charge < -0.3 is 10.4 Å². The first-order valence-electron chi connectivity index (χ1n) is 9.04. The SMILES string of the molecule is CCN(CC)Cn1c(O)c(N=NC(=S)Nc2ccccc2)c2cc(Cl)ccc21. The van der Waals surface area contributed by atoms with Crippen molar-refractivity contribution >= 4 is 51.2 Å². The highest BCUT2D eigenvalue weighted by molar-refractivity contribution is 7.80. The van der Waals surface area contributed by atoms with Gasteiger partial charge in [-0.3, -0.25) is 9.47 Å². The molecule has 6 nitrogen and oxygen atoms in total. The van der Waals surface area contributed by atoms with E-state index in [0.717, 1.165) is 29.7 Å². The average Bonchev–Trinajstić information content (AvgIpc) is 2.95. The van der Waals surface area contributed by atoms with Crippen molar-refractivity contribution in [3.05, 3.63) is 53.6 Å². The Morgan fingerprint density at radius 1 is 1.18 bits per heavy atom. The second-order valence-corrected chi connectivity index (χ2v) is 7.03. The number of hydrogen-bond acceptors (Lipinski definition) is 4. The Bertz CT molecular complexity index is 999. The van der Waals surface area contributed by atoms with E-state index < -0.39 is 0 Å². The number of nitrogens with one attached hydrogen (secondary N) is 1. The Labute approximate surface area is 174 Å². The van der Waals surface area contributed by atoms with Crippen LogP contribution in [0.1, 0.15) is 13.8 Å². The minimum atomic E-state index is 0.0374. The van der Waals surface area contributed by atoms with Gasteiger partial charge in [-0.1, -0.05) is 43.6 Å². The fourth-order valence-electron chi connectivity index (χ4n) is 2.93. The molecule has 0 aliphatic carbocycles. The summed E-state index contributed by atoms with van der Waals surface area (Å²) in [4.78, 5) is 2.19. The Hall–Kier alpha value is -2.48. The first-order valence-corrected chi connectivity index (χ1v) is 9.83. The lowest BCUT2D eigenvalue weighted by molar-refractivity contribution is 0.233. The van der Waals surface area contributed by atoms with Gasteiger partial charge in [0.15, 0.2) is 5.69 Å². The van der Waals surface area contributed by atoms with Crippen LogP contribution in [0.3, 0.4) is 0 Å². The minimum absolute atomic E-state index is 0.0374. The molecule has 0 saturated carbocycles. The Morgan fingerprint density at radius 2 is 1.89 bits per heavy atom. The number of nitrogens with zero attached hydrogens (tertiary/aromatic N) is 4. The predicted molar refractivity (Wildman–Crippen MR) is 119 cm³/mol. The topological polar surface area (TPSA) is 65.1 Å². The summed E-state index contributed by atoms with van der Waals surface area (Å²) < 4.78 is 1.81. The summed E-state index contributed by atoms with van der Waals surface area (Å²) in [6, 6.07) is 14.9. The summed E-state index contributed by atoms with van der Waals surface area (Å²) in [5, 5.41) is 23.6. The Balaban J connectivity index is 1.94. The fraction of sp³-hybridized carbons (Fsp3) is 0.250. The normalized spacial score (nSPS) is 11.6. The van der Waals surface area contributed by atoms with Crippen LogP contribution in [0.4, 0.5) is 11.4 Å². The molecule has 0 atom stereocenters. The van der Waals surface area contributed by atoms with Crippen LogP contribution >= 0.6 is 23.8 Å². The molecule has 28 heavy (non-hydrogen) atoms. The van der Waals surface area contributed by atoms with Crippen molar-refractivity contribution in [2.75, 3.05) is 18.4 Å². The number of para-hydroxylation sites is 1. The molecule has 0 aliphatic rings. The number of halogens is 1. The number of fused-ring (bicyclic) bond motifs is 1. The van der Waals surface area contributed by atoms with Crippen molar-refractivity contribution in [2.45, 2.75) is 20.5 Å². The predicted octanol–water partition coefficient (Wildman–Crippen LogP) is 5.78. The molecule has 0 fully saturated rings. The van der Waals surface area contributed by atoms with Crippen molar-refractivity contribution in [3.63, 3.8) is 0 Å². The van der Waals surface area contributed by atoms with Gasteiger partial charge in [-0.15, -0.1) is 10.2 Å². The average molecular weight is 416 g/mol. The van der Waals surface area contributed by atoms with Gasteiger partial charge in [0, 0.05) is 16.1 Å². The second-order valence-electron chi connectivity index (χ2n) is 6.20. The third-order valence-electron chi connectivity index (χ3n) is 4.47. The minimum Gasteiger partial charge on any atom is -0.493 e. The summed E-state index contributed by atoms with van der Waals surface area (Å²) in [6.45, 7) is 6.43. The van der Waals surface area contributed by atoms with Crippen LogP contribution in [0.5, 0.6) is 5.88 Å². The number of thiocarbonyl (C=S) groups is 1. The number of benzene rings is 2. The third kappa shape index (κ3) is 4.49. The molecule has 2 N–H and O–H groups in total. The lowest BCUT2D eigenvalue weighted by Gasteiger charge is -2.20. The molecule has 2 aromatic carbocycles. The first-order chi connectivity index (χ1) is 13.5. The van der Waals surface area contributed by atoms with Crippen LogP contribution < -0.4 is 5.32 Å². The van der Waals surface area contributed by atoms with E-state index in [1.165, 1.54) is 0 Å². The molecule has 0 spiro atoms. The molecule has 0 saturated heterocycles. The smallest absolute Gasteiger partial charge is 0.221 e. The van der Waals surface area contributed by atoms with E-state index in [4.69, 9.17) is 23.8 Å². The zero-order chi connectivity index (χ0) is 20.1. The van der Waals surface area contributed by atoms with E-state index in [9.17, 15) is 5.11 Å². The van der Waals surface area contributed by atoms with Crippen molar-refractivity contribution in [1.29, 1.82) is 0 Å². The van der Waals surface area contributed by atoms with Crippen LogP contribution in [-0.2, 0) is 6.67 Å². The molecular formula is C20H22ClN5OS. The van der Waals surface area contributed by atoms with E-state index in [1.54, 1.807) is 16.7 Å². The molecule has 8 heteroatoms. The van der Waals surface area contributed by atoms with Gasteiger partial charge in [0.2, 0.25) is 11.0 Å². The van der Waals surface area contributed by atoms with Gasteiger partial charge in [-0.2, -0.15) is 0 Å². The van der Waals surface area contributed by atoms with Crippen LogP contribution in [0, 0.1) is 0 Å². The van der Waals surface area contributed by atoms with Gasteiger partial charge >= 0.3 is 0 Å². The Kier molecular flexibility index (Phi) is 6.61. The van der Waals surface area contributed by atoms with Crippen molar-refractivity contribution in [1.82, 2.24) is 9.47 Å². The standard InChI is InChI=1S/C20H22ClN5OS/c1-3-25(4-2)13-26-17-11-10-14(21)12-16(17)18(19(26)27)23-24-20(28)22-15-8-6-5-7-9-15/h5-12,27H,3-4,13H2,1-2H3,(H,22,28). The number of azo groups is 1. The zero-order valence-electron chi connectivity index (χ0n) is 15.8. The van der Waals surface area contributed by atoms with Crippen molar-refractivity contribution in [2.24, 2.45) is 10.2 Å². The second kappa shape index (κ2) is 9.14. The highest BCUT2D eigenvalue weighted by Gasteiger charge is 2.18. The molecule has 0 bridgehead atoms. The van der Waals surface area contributed by atoms with E-state index >= 15 is 0 Å². The van der Waals surface area contributed by atoms with E-state index in [0.29, 0.717) is 17.4 Å². The van der Waals surface area contributed by atoms with Crippen LogP contribution in [0.25, 0.3) is 10.9 Å². The van der Waals surface area contributed by atoms with Crippen molar-refractivity contribution < 1.29 is 5.11 Å². The number of aromatic hydroxyl groups is 1.